The number of pyridine rings is 2. The molecule has 7 rings (SSSR count). The maximum absolute atomic E-state index is 4.46. The summed E-state index contributed by atoms with van der Waals surface area (Å²) < 4.78 is 0. The van der Waals surface area contributed by atoms with Crippen LogP contribution < -0.4 is 10.4 Å². The average molecular weight is 723 g/mol. The molecule has 203 valence electrons. The van der Waals surface area contributed by atoms with Crippen LogP contribution in [-0.4, -0.2) is 18.0 Å². The van der Waals surface area contributed by atoms with E-state index in [9.17, 15) is 0 Å². The second kappa shape index (κ2) is 12.3. The minimum Gasteiger partial charge on any atom is -0.305 e. The minimum atomic E-state index is -1.59. The van der Waals surface area contributed by atoms with Gasteiger partial charge in [0.25, 0.3) is 0 Å². The first-order chi connectivity index (χ1) is 19.5. The van der Waals surface area contributed by atoms with Gasteiger partial charge in [-0.15, -0.1) is 71.3 Å². The van der Waals surface area contributed by atoms with Crippen molar-refractivity contribution >= 4 is 18.4 Å². The summed E-state index contributed by atoms with van der Waals surface area (Å²) in [5, 5.41) is 3.09. The molecule has 1 aliphatic rings. The van der Waals surface area contributed by atoms with E-state index in [1.807, 2.05) is 79.9 Å². The third kappa shape index (κ3) is 5.92. The van der Waals surface area contributed by atoms with E-state index in [0.29, 0.717) is 0 Å². The van der Waals surface area contributed by atoms with Gasteiger partial charge < -0.3 is 9.97 Å². The van der Waals surface area contributed by atoms with Crippen LogP contribution in [0.3, 0.4) is 0 Å². The Morgan fingerprint density at radius 2 is 1.32 bits per heavy atom. The molecule has 0 saturated heterocycles. The van der Waals surface area contributed by atoms with E-state index in [2.05, 4.69) is 89.8 Å². The van der Waals surface area contributed by atoms with Crippen LogP contribution in [0.1, 0.15) is 5.69 Å². The fraction of sp³-hybridized carbons (Fsp3) is 0.0811. The van der Waals surface area contributed by atoms with Gasteiger partial charge in [-0.2, -0.15) is 0 Å². The van der Waals surface area contributed by atoms with Gasteiger partial charge >= 0.3 is 0 Å². The molecule has 4 aromatic carbocycles. The SMILES string of the molecule is C[Si]1(C)c2ccccc2-c2cc(-c3cc[c-]c(-c4ccccn4)c3)ccc21.Cc1cccc(-c2[c-]cccc2)n1.[Ir]. The van der Waals surface area contributed by atoms with Crippen LogP contribution in [0.4, 0.5) is 0 Å². The smallest absolute Gasteiger partial charge is 0.113 e. The topological polar surface area (TPSA) is 25.8 Å². The maximum atomic E-state index is 4.46. The van der Waals surface area contributed by atoms with E-state index >= 15 is 0 Å². The molecule has 3 heterocycles. The van der Waals surface area contributed by atoms with E-state index in [1.54, 1.807) is 10.4 Å². The van der Waals surface area contributed by atoms with Crippen molar-refractivity contribution in [3.63, 3.8) is 0 Å². The molecular formula is C37H30IrN2Si-2. The van der Waals surface area contributed by atoms with E-state index in [-0.39, 0.29) is 20.1 Å². The first kappa shape index (κ1) is 28.6. The summed E-state index contributed by atoms with van der Waals surface area (Å²) in [6.45, 7) is 6.90. The van der Waals surface area contributed by atoms with Crippen molar-refractivity contribution in [1.29, 1.82) is 0 Å². The number of hydrogen-bond donors (Lipinski definition) is 0. The summed E-state index contributed by atoms with van der Waals surface area (Å²) in [5.74, 6) is 0. The fourth-order valence-electron chi connectivity index (χ4n) is 5.46. The number of fused-ring (bicyclic) bond motifs is 3. The largest absolute Gasteiger partial charge is 0.305 e. The second-order valence-electron chi connectivity index (χ2n) is 10.6. The number of aryl methyl sites for hydroxylation is 1. The van der Waals surface area contributed by atoms with Crippen molar-refractivity contribution in [2.75, 3.05) is 0 Å². The van der Waals surface area contributed by atoms with Gasteiger partial charge in [0.05, 0.1) is 0 Å². The summed E-state index contributed by atoms with van der Waals surface area (Å²) in [7, 11) is -1.59. The monoisotopic (exact) mass is 723 g/mol. The molecule has 2 nitrogen and oxygen atoms in total. The van der Waals surface area contributed by atoms with Crippen LogP contribution in [0.15, 0.2) is 128 Å². The normalized spacial score (nSPS) is 12.3. The Morgan fingerprint density at radius 1 is 0.585 bits per heavy atom. The Hall–Kier alpha value is -3.95. The van der Waals surface area contributed by atoms with Gasteiger partial charge in [0, 0.05) is 32.0 Å². The first-order valence-electron chi connectivity index (χ1n) is 13.6. The van der Waals surface area contributed by atoms with Gasteiger partial charge in [0.15, 0.2) is 0 Å². The number of hydrogen-bond acceptors (Lipinski definition) is 2. The first-order valence-corrected chi connectivity index (χ1v) is 16.6. The molecule has 1 aliphatic heterocycles. The second-order valence-corrected chi connectivity index (χ2v) is 14.9. The number of nitrogens with zero attached hydrogens (tertiary/aromatic N) is 2. The molecule has 0 fully saturated rings. The molecule has 41 heavy (non-hydrogen) atoms. The molecule has 6 aromatic rings. The molecule has 0 saturated carbocycles. The molecule has 0 amide bonds. The van der Waals surface area contributed by atoms with Crippen LogP contribution in [0.2, 0.25) is 13.1 Å². The van der Waals surface area contributed by atoms with Gasteiger partial charge in [-0.3, -0.25) is 0 Å². The third-order valence-electron chi connectivity index (χ3n) is 7.53. The van der Waals surface area contributed by atoms with Crippen LogP contribution in [0.5, 0.6) is 0 Å². The predicted octanol–water partition coefficient (Wildman–Crippen LogP) is 7.87. The van der Waals surface area contributed by atoms with Crippen LogP contribution in [0, 0.1) is 19.1 Å². The quantitative estimate of drug-likeness (QED) is 0.137. The molecule has 4 heteroatoms. The zero-order chi connectivity index (χ0) is 27.5. The molecule has 0 unspecified atom stereocenters. The Bertz CT molecular complexity index is 1780. The summed E-state index contributed by atoms with van der Waals surface area (Å²) in [5.41, 5.74) is 10.3. The van der Waals surface area contributed by atoms with Crippen molar-refractivity contribution in [2.24, 2.45) is 0 Å². The Morgan fingerprint density at radius 3 is 2.10 bits per heavy atom. The van der Waals surface area contributed by atoms with Crippen molar-refractivity contribution < 1.29 is 20.1 Å². The Labute approximate surface area is 257 Å². The Balaban J connectivity index is 0.000000204. The summed E-state index contributed by atoms with van der Waals surface area (Å²) in [4.78, 5) is 8.88. The zero-order valence-electron chi connectivity index (χ0n) is 23.4. The standard InChI is InChI=1S/C25H20NSi.C12H10N.Ir/c1-27(2)24-12-4-3-10-21(24)22-17-19(13-14-25(22)27)18-8-7-9-20(16-18)23-11-5-6-15-26-23;1-10-6-5-9-12(13-10)11-7-3-2-4-8-11;/h3-8,10-17H,1-2H3;2-7,9H,1H3;/q2*-1;. The molecular weight excluding hydrogens is 693 g/mol. The fourth-order valence-corrected chi connectivity index (χ4v) is 8.54. The van der Waals surface area contributed by atoms with Crippen molar-refractivity contribution in [3.05, 3.63) is 145 Å². The van der Waals surface area contributed by atoms with Crippen LogP contribution in [-0.2, 0) is 20.1 Å². The Kier molecular flexibility index (Phi) is 8.56. The van der Waals surface area contributed by atoms with E-state index in [1.165, 1.54) is 22.3 Å². The molecule has 0 spiro atoms. The number of aromatic nitrogens is 2. The predicted molar refractivity (Wildman–Crippen MR) is 169 cm³/mol. The number of rotatable bonds is 3. The van der Waals surface area contributed by atoms with E-state index in [0.717, 1.165) is 28.2 Å². The molecule has 2 aromatic heterocycles. The van der Waals surface area contributed by atoms with Crippen LogP contribution in [0.25, 0.3) is 44.8 Å². The van der Waals surface area contributed by atoms with Crippen molar-refractivity contribution in [2.45, 2.75) is 20.0 Å². The van der Waals surface area contributed by atoms with Crippen molar-refractivity contribution in [1.82, 2.24) is 9.97 Å². The van der Waals surface area contributed by atoms with Gasteiger partial charge in [0.1, 0.15) is 8.07 Å². The minimum absolute atomic E-state index is 0. The van der Waals surface area contributed by atoms with Gasteiger partial charge in [-0.25, -0.2) is 0 Å². The summed E-state index contributed by atoms with van der Waals surface area (Å²) >= 11 is 0. The summed E-state index contributed by atoms with van der Waals surface area (Å²) in [6.07, 6.45) is 1.83. The van der Waals surface area contributed by atoms with Gasteiger partial charge in [-0.1, -0.05) is 73.8 Å². The summed E-state index contributed by atoms with van der Waals surface area (Å²) in [6, 6.07) is 48.6. The molecule has 0 N–H and O–H groups in total. The van der Waals surface area contributed by atoms with E-state index in [4.69, 9.17) is 0 Å². The number of benzene rings is 4. The van der Waals surface area contributed by atoms with Gasteiger partial charge in [0.2, 0.25) is 0 Å². The molecule has 1 radical (unpaired) electrons. The molecule has 0 atom stereocenters. The van der Waals surface area contributed by atoms with Crippen LogP contribution >= 0.6 is 0 Å². The van der Waals surface area contributed by atoms with E-state index < -0.39 is 8.07 Å². The zero-order valence-corrected chi connectivity index (χ0v) is 26.7. The average Bonchev–Trinajstić information content (AvgIpc) is 3.24. The maximum Gasteiger partial charge on any atom is 0.113 e. The third-order valence-corrected chi connectivity index (χ3v) is 11.1. The van der Waals surface area contributed by atoms with Gasteiger partial charge in [-0.05, 0) is 63.6 Å². The van der Waals surface area contributed by atoms with Crippen molar-refractivity contribution in [3.8, 4) is 44.8 Å². The molecule has 0 aliphatic carbocycles. The molecule has 0 bridgehead atoms.